The number of carboxylic acids is 1. The SMILES string of the molecule is O=C(O)COc1cccc(CCCc2nc(C(c3ccccc3)c3ccccc3)no2)c1. The summed E-state index contributed by atoms with van der Waals surface area (Å²) in [5.41, 5.74) is 3.30. The molecule has 0 atom stereocenters. The molecule has 0 fully saturated rings. The van der Waals surface area contributed by atoms with Gasteiger partial charge in [-0.2, -0.15) is 4.98 Å². The van der Waals surface area contributed by atoms with Gasteiger partial charge in [0.2, 0.25) is 5.89 Å². The Morgan fingerprint density at radius 1 is 0.906 bits per heavy atom. The van der Waals surface area contributed by atoms with E-state index in [1.807, 2.05) is 54.6 Å². The van der Waals surface area contributed by atoms with Crippen molar-refractivity contribution in [1.29, 1.82) is 0 Å². The van der Waals surface area contributed by atoms with Gasteiger partial charge in [-0.3, -0.25) is 0 Å². The maximum Gasteiger partial charge on any atom is 0.341 e. The normalized spacial score (nSPS) is 10.9. The number of aliphatic carboxylic acids is 1. The van der Waals surface area contributed by atoms with Gasteiger partial charge in [-0.15, -0.1) is 0 Å². The Morgan fingerprint density at radius 3 is 2.25 bits per heavy atom. The van der Waals surface area contributed by atoms with Crippen molar-refractivity contribution in [2.24, 2.45) is 0 Å². The first kappa shape index (κ1) is 21.3. The van der Waals surface area contributed by atoms with Crippen LogP contribution >= 0.6 is 0 Å². The van der Waals surface area contributed by atoms with Crippen LogP contribution in [0, 0.1) is 0 Å². The maximum absolute atomic E-state index is 10.7. The Balaban J connectivity index is 1.42. The number of benzene rings is 3. The number of carbonyl (C=O) groups is 1. The van der Waals surface area contributed by atoms with E-state index < -0.39 is 5.97 Å². The highest BCUT2D eigenvalue weighted by atomic mass is 16.5. The van der Waals surface area contributed by atoms with Gasteiger partial charge >= 0.3 is 5.97 Å². The molecule has 4 aromatic rings. The van der Waals surface area contributed by atoms with Gasteiger partial charge in [-0.1, -0.05) is 78.0 Å². The number of ether oxygens (including phenoxy) is 1. The van der Waals surface area contributed by atoms with E-state index in [1.165, 1.54) is 0 Å². The summed E-state index contributed by atoms with van der Waals surface area (Å²) in [5, 5.41) is 13.0. The first-order chi connectivity index (χ1) is 15.7. The van der Waals surface area contributed by atoms with E-state index in [1.54, 1.807) is 6.07 Å². The van der Waals surface area contributed by atoms with Crippen molar-refractivity contribution in [3.05, 3.63) is 113 Å². The first-order valence-corrected chi connectivity index (χ1v) is 10.5. The molecule has 0 amide bonds. The minimum absolute atomic E-state index is 0.0852. The lowest BCUT2D eigenvalue weighted by atomic mass is 9.91. The summed E-state index contributed by atoms with van der Waals surface area (Å²) in [6, 6.07) is 27.8. The van der Waals surface area contributed by atoms with Crippen LogP contribution in [0.5, 0.6) is 5.75 Å². The van der Waals surface area contributed by atoms with Gasteiger partial charge in [0.25, 0.3) is 0 Å². The molecular formula is C26H24N2O4. The summed E-state index contributed by atoms with van der Waals surface area (Å²) in [7, 11) is 0. The van der Waals surface area contributed by atoms with Crippen LogP contribution in [0.1, 0.15) is 40.7 Å². The van der Waals surface area contributed by atoms with E-state index >= 15 is 0 Å². The number of hydrogen-bond acceptors (Lipinski definition) is 5. The monoisotopic (exact) mass is 428 g/mol. The average Bonchev–Trinajstić information content (AvgIpc) is 3.28. The van der Waals surface area contributed by atoms with Gasteiger partial charge in [-0.05, 0) is 41.7 Å². The zero-order valence-electron chi connectivity index (χ0n) is 17.6. The number of carboxylic acid groups (broad SMARTS) is 1. The Morgan fingerprint density at radius 2 is 1.59 bits per heavy atom. The molecule has 0 saturated heterocycles. The standard InChI is InChI=1S/C26H24N2O4/c29-24(30)18-31-22-15-7-9-19(17-22)10-8-16-23-27-26(28-32-23)25(20-11-3-1-4-12-20)21-13-5-2-6-14-21/h1-7,9,11-15,17,25H,8,10,16,18H2,(H,29,30). The van der Waals surface area contributed by atoms with Crippen LogP contribution in [-0.2, 0) is 17.6 Å². The maximum atomic E-state index is 10.7. The summed E-state index contributed by atoms with van der Waals surface area (Å²) in [4.78, 5) is 15.4. The zero-order valence-corrected chi connectivity index (χ0v) is 17.6. The molecule has 1 heterocycles. The molecule has 4 rings (SSSR count). The molecule has 0 aliphatic rings. The molecule has 6 nitrogen and oxygen atoms in total. The molecule has 0 unspecified atom stereocenters. The highest BCUT2D eigenvalue weighted by Crippen LogP contribution is 2.30. The van der Waals surface area contributed by atoms with Crippen molar-refractivity contribution in [3.63, 3.8) is 0 Å². The minimum Gasteiger partial charge on any atom is -0.482 e. The second-order valence-corrected chi connectivity index (χ2v) is 7.48. The van der Waals surface area contributed by atoms with E-state index in [4.69, 9.17) is 19.4 Å². The van der Waals surface area contributed by atoms with Gasteiger partial charge in [0, 0.05) is 6.42 Å². The Labute approximate surface area is 186 Å². The molecule has 3 aromatic carbocycles. The lowest BCUT2D eigenvalue weighted by molar-refractivity contribution is -0.139. The summed E-state index contributed by atoms with van der Waals surface area (Å²) >= 11 is 0. The van der Waals surface area contributed by atoms with Crippen molar-refractivity contribution < 1.29 is 19.2 Å². The van der Waals surface area contributed by atoms with Crippen molar-refractivity contribution in [3.8, 4) is 5.75 Å². The fourth-order valence-electron chi connectivity index (χ4n) is 3.65. The molecule has 1 N–H and O–H groups in total. The molecule has 6 heteroatoms. The van der Waals surface area contributed by atoms with Gasteiger partial charge < -0.3 is 14.4 Å². The highest BCUT2D eigenvalue weighted by Gasteiger charge is 2.22. The predicted molar refractivity (Wildman–Crippen MR) is 120 cm³/mol. The predicted octanol–water partition coefficient (Wildman–Crippen LogP) is 4.89. The van der Waals surface area contributed by atoms with Crippen LogP contribution in [0.15, 0.2) is 89.5 Å². The van der Waals surface area contributed by atoms with E-state index in [0.717, 1.165) is 29.5 Å². The van der Waals surface area contributed by atoms with Crippen molar-refractivity contribution in [2.75, 3.05) is 6.61 Å². The molecule has 0 aliphatic heterocycles. The molecule has 0 aliphatic carbocycles. The van der Waals surface area contributed by atoms with Gasteiger partial charge in [-0.25, -0.2) is 4.79 Å². The molecule has 0 spiro atoms. The van der Waals surface area contributed by atoms with E-state index in [2.05, 4.69) is 29.4 Å². The number of hydrogen-bond donors (Lipinski definition) is 1. The van der Waals surface area contributed by atoms with Gasteiger partial charge in [0.15, 0.2) is 12.4 Å². The smallest absolute Gasteiger partial charge is 0.341 e. The molecule has 0 bridgehead atoms. The zero-order chi connectivity index (χ0) is 22.2. The molecule has 1 aromatic heterocycles. The highest BCUT2D eigenvalue weighted by molar-refractivity contribution is 5.68. The minimum atomic E-state index is -0.994. The largest absolute Gasteiger partial charge is 0.482 e. The molecule has 0 saturated carbocycles. The lowest BCUT2D eigenvalue weighted by Gasteiger charge is -2.14. The summed E-state index contributed by atoms with van der Waals surface area (Å²) in [6.45, 7) is -0.349. The van der Waals surface area contributed by atoms with Crippen LogP contribution in [0.4, 0.5) is 0 Å². The lowest BCUT2D eigenvalue weighted by Crippen LogP contribution is -2.09. The van der Waals surface area contributed by atoms with Crippen molar-refractivity contribution in [2.45, 2.75) is 25.2 Å². The molecule has 32 heavy (non-hydrogen) atoms. The van der Waals surface area contributed by atoms with E-state index in [-0.39, 0.29) is 12.5 Å². The summed E-state index contributed by atoms with van der Waals surface area (Å²) in [5.74, 6) is 0.736. The molecule has 162 valence electrons. The van der Waals surface area contributed by atoms with E-state index in [9.17, 15) is 4.79 Å². The summed E-state index contributed by atoms with van der Waals surface area (Å²) < 4.78 is 10.8. The third-order valence-electron chi connectivity index (χ3n) is 5.12. The fourth-order valence-corrected chi connectivity index (χ4v) is 3.65. The Hall–Kier alpha value is -3.93. The van der Waals surface area contributed by atoms with Crippen LogP contribution in [0.3, 0.4) is 0 Å². The third kappa shape index (κ3) is 5.60. The second-order valence-electron chi connectivity index (χ2n) is 7.48. The average molecular weight is 428 g/mol. The van der Waals surface area contributed by atoms with E-state index in [0.29, 0.717) is 23.9 Å². The van der Waals surface area contributed by atoms with Crippen molar-refractivity contribution >= 4 is 5.97 Å². The van der Waals surface area contributed by atoms with Gasteiger partial charge in [0.05, 0.1) is 5.92 Å². The number of rotatable bonds is 10. The van der Waals surface area contributed by atoms with Crippen molar-refractivity contribution in [1.82, 2.24) is 10.1 Å². The van der Waals surface area contributed by atoms with Crippen LogP contribution in [0.2, 0.25) is 0 Å². The number of aryl methyl sites for hydroxylation is 2. The van der Waals surface area contributed by atoms with Gasteiger partial charge in [0.1, 0.15) is 5.75 Å². The fraction of sp³-hybridized carbons (Fsp3) is 0.192. The first-order valence-electron chi connectivity index (χ1n) is 10.5. The quantitative estimate of drug-likeness (QED) is 0.387. The van der Waals surface area contributed by atoms with Crippen LogP contribution in [-0.4, -0.2) is 27.8 Å². The molecule has 0 radical (unpaired) electrons. The Kier molecular flexibility index (Phi) is 6.92. The number of nitrogens with zero attached hydrogens (tertiary/aromatic N) is 2. The third-order valence-corrected chi connectivity index (χ3v) is 5.12. The Bertz CT molecular complexity index is 1100. The topological polar surface area (TPSA) is 85.5 Å². The van der Waals surface area contributed by atoms with Crippen LogP contribution < -0.4 is 4.74 Å². The summed E-state index contributed by atoms with van der Waals surface area (Å²) in [6.07, 6.45) is 2.28. The molecular weight excluding hydrogens is 404 g/mol. The second kappa shape index (κ2) is 10.4. The number of aromatic nitrogens is 2. The van der Waals surface area contributed by atoms with Crippen LogP contribution in [0.25, 0.3) is 0 Å².